The number of hydrogen-bond donors (Lipinski definition) is 2. The maximum absolute atomic E-state index is 11.9. The molecule has 0 bridgehead atoms. The van der Waals surface area contributed by atoms with E-state index < -0.39 is 0 Å². The highest BCUT2D eigenvalue weighted by molar-refractivity contribution is 5.91. The van der Waals surface area contributed by atoms with E-state index >= 15 is 0 Å². The second kappa shape index (κ2) is 6.55. The van der Waals surface area contributed by atoms with Gasteiger partial charge in [-0.1, -0.05) is 17.9 Å². The fraction of sp³-hybridized carbons (Fsp3) is 0.200. The van der Waals surface area contributed by atoms with Crippen molar-refractivity contribution >= 4 is 11.6 Å². The van der Waals surface area contributed by atoms with Crippen LogP contribution in [0.4, 0.5) is 5.69 Å². The normalized spacial score (nSPS) is 9.70. The van der Waals surface area contributed by atoms with E-state index in [1.165, 1.54) is 0 Å². The summed E-state index contributed by atoms with van der Waals surface area (Å²) in [5.41, 5.74) is 7.92. The van der Waals surface area contributed by atoms with E-state index in [2.05, 4.69) is 22.3 Å². The van der Waals surface area contributed by atoms with Gasteiger partial charge in [0.1, 0.15) is 6.54 Å². The van der Waals surface area contributed by atoms with Gasteiger partial charge in [0.05, 0.1) is 6.54 Å². The summed E-state index contributed by atoms with van der Waals surface area (Å²) >= 11 is 0. The summed E-state index contributed by atoms with van der Waals surface area (Å²) < 4.78 is 1.57. The number of nitrogens with zero attached hydrogens (tertiary/aromatic N) is 2. The molecule has 0 aliphatic rings. The zero-order valence-electron chi connectivity index (χ0n) is 11.3. The molecule has 2 rings (SSSR count). The molecule has 0 spiro atoms. The number of hydrogen-bond acceptors (Lipinski definition) is 3. The maximum Gasteiger partial charge on any atom is 0.246 e. The smallest absolute Gasteiger partial charge is 0.246 e. The Morgan fingerprint density at radius 1 is 1.50 bits per heavy atom. The van der Waals surface area contributed by atoms with Crippen LogP contribution in [-0.2, 0) is 11.3 Å². The first kappa shape index (κ1) is 13.8. The van der Waals surface area contributed by atoms with Crippen LogP contribution in [0, 0.1) is 18.8 Å². The van der Waals surface area contributed by atoms with E-state index in [1.54, 1.807) is 23.1 Å². The van der Waals surface area contributed by atoms with Crippen LogP contribution in [0.15, 0.2) is 36.7 Å². The molecule has 1 aromatic heterocycles. The molecule has 0 aliphatic heterocycles. The molecule has 0 unspecified atom stereocenters. The highest BCUT2D eigenvalue weighted by atomic mass is 16.2. The lowest BCUT2D eigenvalue weighted by Crippen LogP contribution is -2.19. The van der Waals surface area contributed by atoms with Gasteiger partial charge in [-0.25, -0.2) is 0 Å². The van der Waals surface area contributed by atoms with Crippen LogP contribution in [0.25, 0.3) is 0 Å². The Morgan fingerprint density at radius 2 is 2.35 bits per heavy atom. The third-order valence-corrected chi connectivity index (χ3v) is 2.71. The molecule has 5 heteroatoms. The topological polar surface area (TPSA) is 72.9 Å². The Bertz CT molecular complexity index is 650. The van der Waals surface area contributed by atoms with Crippen LogP contribution in [0.5, 0.6) is 0 Å². The molecule has 0 fully saturated rings. The molecule has 20 heavy (non-hydrogen) atoms. The summed E-state index contributed by atoms with van der Waals surface area (Å²) in [6.45, 7) is 2.43. The van der Waals surface area contributed by atoms with E-state index in [1.807, 2.05) is 25.1 Å². The van der Waals surface area contributed by atoms with E-state index in [-0.39, 0.29) is 12.5 Å². The van der Waals surface area contributed by atoms with Gasteiger partial charge < -0.3 is 11.1 Å². The van der Waals surface area contributed by atoms with Crippen molar-refractivity contribution in [3.8, 4) is 11.8 Å². The first-order chi connectivity index (χ1) is 9.69. The van der Waals surface area contributed by atoms with Crippen LogP contribution in [0.3, 0.4) is 0 Å². The summed E-state index contributed by atoms with van der Waals surface area (Å²) in [5, 5.41) is 6.86. The van der Waals surface area contributed by atoms with Gasteiger partial charge in [0.2, 0.25) is 5.91 Å². The molecule has 1 heterocycles. The second-order valence-corrected chi connectivity index (χ2v) is 4.29. The van der Waals surface area contributed by atoms with E-state index in [4.69, 9.17) is 5.73 Å². The van der Waals surface area contributed by atoms with Crippen molar-refractivity contribution < 1.29 is 4.79 Å². The van der Waals surface area contributed by atoms with Gasteiger partial charge in [-0.15, -0.1) is 0 Å². The summed E-state index contributed by atoms with van der Waals surface area (Å²) in [7, 11) is 0. The molecule has 102 valence electrons. The molecule has 0 atom stereocenters. The van der Waals surface area contributed by atoms with Crippen molar-refractivity contribution in [2.45, 2.75) is 13.5 Å². The molecule has 2 aromatic rings. The predicted molar refractivity (Wildman–Crippen MR) is 78.0 cm³/mol. The number of carbonyl (C=O) groups is 1. The molecule has 1 aromatic carbocycles. The van der Waals surface area contributed by atoms with E-state index in [9.17, 15) is 4.79 Å². The average molecular weight is 268 g/mol. The van der Waals surface area contributed by atoms with Crippen LogP contribution in [0.1, 0.15) is 11.1 Å². The summed E-state index contributed by atoms with van der Waals surface area (Å²) in [5.74, 6) is 5.61. The van der Waals surface area contributed by atoms with Crippen molar-refractivity contribution in [1.29, 1.82) is 0 Å². The minimum Gasteiger partial charge on any atom is -0.324 e. The van der Waals surface area contributed by atoms with Gasteiger partial charge in [-0.2, -0.15) is 5.10 Å². The van der Waals surface area contributed by atoms with Gasteiger partial charge >= 0.3 is 0 Å². The lowest BCUT2D eigenvalue weighted by Gasteiger charge is -2.09. The zero-order valence-corrected chi connectivity index (χ0v) is 11.3. The van der Waals surface area contributed by atoms with Gasteiger partial charge in [-0.3, -0.25) is 9.48 Å². The molecule has 0 saturated carbocycles. The Morgan fingerprint density at radius 3 is 3.05 bits per heavy atom. The van der Waals surface area contributed by atoms with Crippen molar-refractivity contribution in [3.63, 3.8) is 0 Å². The number of aromatic nitrogens is 2. The van der Waals surface area contributed by atoms with Crippen molar-refractivity contribution in [3.05, 3.63) is 47.8 Å². The number of aryl methyl sites for hydroxylation is 1. The Kier molecular flexibility index (Phi) is 4.53. The maximum atomic E-state index is 11.9. The standard InChI is InChI=1S/C15H16N4O/c1-12-5-6-13(4-2-7-16)10-14(12)18-15(20)11-19-9-3-8-17-19/h3,5-6,8-10H,7,11,16H2,1H3,(H,18,20). The van der Waals surface area contributed by atoms with Gasteiger partial charge in [0.25, 0.3) is 0 Å². The molecule has 0 saturated heterocycles. The quantitative estimate of drug-likeness (QED) is 0.820. The van der Waals surface area contributed by atoms with Crippen molar-refractivity contribution in [2.24, 2.45) is 5.73 Å². The molecule has 3 N–H and O–H groups in total. The van der Waals surface area contributed by atoms with Gasteiger partial charge in [-0.05, 0) is 30.7 Å². The lowest BCUT2D eigenvalue weighted by molar-refractivity contribution is -0.116. The van der Waals surface area contributed by atoms with E-state index in [0.29, 0.717) is 6.54 Å². The lowest BCUT2D eigenvalue weighted by atomic mass is 10.1. The number of rotatable bonds is 3. The first-order valence-corrected chi connectivity index (χ1v) is 6.26. The summed E-state index contributed by atoms with van der Waals surface area (Å²) in [6.07, 6.45) is 3.39. The van der Waals surface area contributed by atoms with Crippen LogP contribution < -0.4 is 11.1 Å². The Labute approximate surface area is 117 Å². The molecule has 5 nitrogen and oxygen atoms in total. The highest BCUT2D eigenvalue weighted by Gasteiger charge is 2.06. The average Bonchev–Trinajstić information content (AvgIpc) is 2.92. The Balaban J connectivity index is 2.09. The van der Waals surface area contributed by atoms with Gasteiger partial charge in [0, 0.05) is 23.6 Å². The molecular weight excluding hydrogens is 252 g/mol. The fourth-order valence-corrected chi connectivity index (χ4v) is 1.72. The van der Waals surface area contributed by atoms with Crippen LogP contribution in [0.2, 0.25) is 0 Å². The van der Waals surface area contributed by atoms with Crippen LogP contribution >= 0.6 is 0 Å². The predicted octanol–water partition coefficient (Wildman–Crippen LogP) is 1.14. The third kappa shape index (κ3) is 3.70. The summed E-state index contributed by atoms with van der Waals surface area (Å²) in [6, 6.07) is 7.45. The monoisotopic (exact) mass is 268 g/mol. The number of benzene rings is 1. The minimum atomic E-state index is -0.124. The number of nitrogens with two attached hydrogens (primary N) is 1. The molecule has 0 aliphatic carbocycles. The van der Waals surface area contributed by atoms with Crippen molar-refractivity contribution in [2.75, 3.05) is 11.9 Å². The molecule has 1 amide bonds. The second-order valence-electron chi connectivity index (χ2n) is 4.29. The Hall–Kier alpha value is -2.58. The van der Waals surface area contributed by atoms with E-state index in [0.717, 1.165) is 16.8 Å². The van der Waals surface area contributed by atoms with Crippen molar-refractivity contribution in [1.82, 2.24) is 9.78 Å². The summed E-state index contributed by atoms with van der Waals surface area (Å²) in [4.78, 5) is 11.9. The highest BCUT2D eigenvalue weighted by Crippen LogP contribution is 2.16. The number of nitrogens with one attached hydrogen (secondary N) is 1. The number of carbonyl (C=O) groups excluding carboxylic acids is 1. The molecule has 0 radical (unpaired) electrons. The third-order valence-electron chi connectivity index (χ3n) is 2.71. The fourth-order valence-electron chi connectivity index (χ4n) is 1.72. The largest absolute Gasteiger partial charge is 0.324 e. The first-order valence-electron chi connectivity index (χ1n) is 6.26. The minimum absolute atomic E-state index is 0.124. The van der Waals surface area contributed by atoms with Crippen LogP contribution in [-0.4, -0.2) is 22.2 Å². The number of anilines is 1. The van der Waals surface area contributed by atoms with Gasteiger partial charge in [0.15, 0.2) is 0 Å². The SMILES string of the molecule is Cc1ccc(C#CCN)cc1NC(=O)Cn1cccn1. The number of amides is 1. The zero-order chi connectivity index (χ0) is 14.4. The molecular formula is C15H16N4O.